The first kappa shape index (κ1) is 16.5. The number of carbonyl (C=O) groups excluding carboxylic acids is 1. The SMILES string of the molecule is CC(C)c1cccc(OCC(=O)NCCOCCO)c1. The maximum atomic E-state index is 11.5. The van der Waals surface area contributed by atoms with Crippen molar-refractivity contribution >= 4 is 5.91 Å². The average Bonchev–Trinajstić information content (AvgIpc) is 2.45. The lowest BCUT2D eigenvalue weighted by molar-refractivity contribution is -0.123. The number of hydrogen-bond donors (Lipinski definition) is 2. The second-order valence-corrected chi connectivity index (χ2v) is 4.70. The van der Waals surface area contributed by atoms with Gasteiger partial charge in [0.1, 0.15) is 5.75 Å². The van der Waals surface area contributed by atoms with Crippen molar-refractivity contribution < 1.29 is 19.4 Å². The molecule has 112 valence electrons. The van der Waals surface area contributed by atoms with Gasteiger partial charge < -0.3 is 19.9 Å². The fraction of sp³-hybridized carbons (Fsp3) is 0.533. The van der Waals surface area contributed by atoms with Crippen molar-refractivity contribution in [2.45, 2.75) is 19.8 Å². The molecule has 1 rings (SSSR count). The van der Waals surface area contributed by atoms with Crippen LogP contribution in [0.3, 0.4) is 0 Å². The van der Waals surface area contributed by atoms with Gasteiger partial charge in [0, 0.05) is 6.54 Å². The maximum absolute atomic E-state index is 11.5. The van der Waals surface area contributed by atoms with Crippen LogP contribution in [0.5, 0.6) is 5.75 Å². The molecular formula is C15H23NO4. The topological polar surface area (TPSA) is 67.8 Å². The Morgan fingerprint density at radius 3 is 2.85 bits per heavy atom. The summed E-state index contributed by atoms with van der Waals surface area (Å²) >= 11 is 0. The number of nitrogens with one attached hydrogen (secondary N) is 1. The Labute approximate surface area is 119 Å². The molecule has 0 aliphatic rings. The summed E-state index contributed by atoms with van der Waals surface area (Å²) in [5.74, 6) is 0.937. The van der Waals surface area contributed by atoms with E-state index in [0.717, 1.165) is 0 Å². The number of benzene rings is 1. The molecule has 0 unspecified atom stereocenters. The largest absolute Gasteiger partial charge is 0.484 e. The number of ether oxygens (including phenoxy) is 2. The molecule has 0 radical (unpaired) electrons. The molecule has 1 amide bonds. The lowest BCUT2D eigenvalue weighted by atomic mass is 10.0. The highest BCUT2D eigenvalue weighted by Gasteiger charge is 2.04. The van der Waals surface area contributed by atoms with E-state index in [-0.39, 0.29) is 25.7 Å². The summed E-state index contributed by atoms with van der Waals surface area (Å²) < 4.78 is 10.5. The zero-order valence-corrected chi connectivity index (χ0v) is 12.1. The molecule has 0 bridgehead atoms. The van der Waals surface area contributed by atoms with Crippen LogP contribution < -0.4 is 10.1 Å². The van der Waals surface area contributed by atoms with Gasteiger partial charge in [-0.15, -0.1) is 0 Å². The summed E-state index contributed by atoms with van der Waals surface area (Å²) in [4.78, 5) is 11.5. The van der Waals surface area contributed by atoms with E-state index >= 15 is 0 Å². The highest BCUT2D eigenvalue weighted by molar-refractivity contribution is 5.77. The van der Waals surface area contributed by atoms with Gasteiger partial charge in [-0.05, 0) is 23.6 Å². The van der Waals surface area contributed by atoms with Crippen LogP contribution in [0, 0.1) is 0 Å². The Hall–Kier alpha value is -1.59. The first-order chi connectivity index (χ1) is 9.63. The van der Waals surface area contributed by atoms with Gasteiger partial charge in [-0.3, -0.25) is 4.79 Å². The zero-order valence-electron chi connectivity index (χ0n) is 12.1. The first-order valence-corrected chi connectivity index (χ1v) is 6.81. The predicted octanol–water partition coefficient (Wildman–Crippen LogP) is 1.31. The third kappa shape index (κ3) is 6.54. The third-order valence-corrected chi connectivity index (χ3v) is 2.70. The first-order valence-electron chi connectivity index (χ1n) is 6.81. The highest BCUT2D eigenvalue weighted by Crippen LogP contribution is 2.19. The molecule has 0 aliphatic carbocycles. The third-order valence-electron chi connectivity index (χ3n) is 2.70. The fourth-order valence-electron chi connectivity index (χ4n) is 1.59. The predicted molar refractivity (Wildman–Crippen MR) is 76.9 cm³/mol. The van der Waals surface area contributed by atoms with Crippen LogP contribution >= 0.6 is 0 Å². The van der Waals surface area contributed by atoms with E-state index in [2.05, 4.69) is 19.2 Å². The number of aliphatic hydroxyl groups excluding tert-OH is 1. The van der Waals surface area contributed by atoms with E-state index in [1.807, 2.05) is 24.3 Å². The van der Waals surface area contributed by atoms with E-state index < -0.39 is 0 Å². The Kier molecular flexibility index (Phi) is 7.69. The molecule has 0 atom stereocenters. The Morgan fingerprint density at radius 2 is 2.15 bits per heavy atom. The number of aliphatic hydroxyl groups is 1. The number of carbonyl (C=O) groups is 1. The number of rotatable bonds is 9. The van der Waals surface area contributed by atoms with Crippen molar-refractivity contribution in [3.05, 3.63) is 29.8 Å². The van der Waals surface area contributed by atoms with E-state index in [1.54, 1.807) is 0 Å². The van der Waals surface area contributed by atoms with Crippen molar-refractivity contribution in [2.75, 3.05) is 33.0 Å². The monoisotopic (exact) mass is 281 g/mol. The summed E-state index contributed by atoms with van der Waals surface area (Å²) in [6.07, 6.45) is 0. The molecule has 0 heterocycles. The molecule has 0 aliphatic heterocycles. The fourth-order valence-corrected chi connectivity index (χ4v) is 1.59. The minimum Gasteiger partial charge on any atom is -0.484 e. The molecule has 1 aromatic rings. The molecule has 1 aromatic carbocycles. The van der Waals surface area contributed by atoms with Gasteiger partial charge in [0.05, 0.1) is 19.8 Å². The number of hydrogen-bond acceptors (Lipinski definition) is 4. The van der Waals surface area contributed by atoms with Crippen molar-refractivity contribution in [1.29, 1.82) is 0 Å². The van der Waals surface area contributed by atoms with Crippen molar-refractivity contribution in [3.63, 3.8) is 0 Å². The van der Waals surface area contributed by atoms with Crippen LogP contribution in [0.2, 0.25) is 0 Å². The standard InChI is InChI=1S/C15H23NO4/c1-12(2)13-4-3-5-14(10-13)20-11-15(18)16-6-8-19-9-7-17/h3-5,10,12,17H,6-9,11H2,1-2H3,(H,16,18). The van der Waals surface area contributed by atoms with Gasteiger partial charge in [0.15, 0.2) is 6.61 Å². The zero-order chi connectivity index (χ0) is 14.8. The average molecular weight is 281 g/mol. The van der Waals surface area contributed by atoms with Crippen LogP contribution in [0.15, 0.2) is 24.3 Å². The van der Waals surface area contributed by atoms with E-state index in [0.29, 0.717) is 24.8 Å². The molecule has 0 spiro atoms. The molecule has 2 N–H and O–H groups in total. The van der Waals surface area contributed by atoms with Crippen LogP contribution in [-0.2, 0) is 9.53 Å². The van der Waals surface area contributed by atoms with Gasteiger partial charge in [-0.1, -0.05) is 26.0 Å². The van der Waals surface area contributed by atoms with Crippen LogP contribution in [0.1, 0.15) is 25.3 Å². The minimum absolute atomic E-state index is 0.0107. The Balaban J connectivity index is 2.25. The lowest BCUT2D eigenvalue weighted by Gasteiger charge is -2.10. The Bertz CT molecular complexity index is 407. The van der Waals surface area contributed by atoms with E-state index in [9.17, 15) is 4.79 Å². The van der Waals surface area contributed by atoms with E-state index in [4.69, 9.17) is 14.6 Å². The van der Waals surface area contributed by atoms with Gasteiger partial charge in [0.2, 0.25) is 0 Å². The summed E-state index contributed by atoms with van der Waals surface area (Å²) in [5, 5.41) is 11.2. The second kappa shape index (κ2) is 9.34. The van der Waals surface area contributed by atoms with Gasteiger partial charge in [-0.2, -0.15) is 0 Å². The molecule has 0 aromatic heterocycles. The summed E-state index contributed by atoms with van der Waals surface area (Å²) in [7, 11) is 0. The van der Waals surface area contributed by atoms with Crippen LogP contribution in [-0.4, -0.2) is 44.0 Å². The molecule has 0 saturated heterocycles. The van der Waals surface area contributed by atoms with Crippen LogP contribution in [0.25, 0.3) is 0 Å². The molecule has 20 heavy (non-hydrogen) atoms. The summed E-state index contributed by atoms with van der Waals surface area (Å²) in [6, 6.07) is 7.74. The lowest BCUT2D eigenvalue weighted by Crippen LogP contribution is -2.31. The quantitative estimate of drug-likeness (QED) is 0.670. The molecule has 0 saturated carbocycles. The molecule has 0 fully saturated rings. The number of amides is 1. The molecular weight excluding hydrogens is 258 g/mol. The van der Waals surface area contributed by atoms with Crippen molar-refractivity contribution in [2.24, 2.45) is 0 Å². The van der Waals surface area contributed by atoms with Gasteiger partial charge in [0.25, 0.3) is 5.91 Å². The highest BCUT2D eigenvalue weighted by atomic mass is 16.5. The van der Waals surface area contributed by atoms with E-state index in [1.165, 1.54) is 5.56 Å². The molecule has 5 heteroatoms. The minimum atomic E-state index is -0.187. The molecule has 5 nitrogen and oxygen atoms in total. The smallest absolute Gasteiger partial charge is 0.258 e. The van der Waals surface area contributed by atoms with Crippen LogP contribution in [0.4, 0.5) is 0 Å². The second-order valence-electron chi connectivity index (χ2n) is 4.70. The Morgan fingerprint density at radius 1 is 1.35 bits per heavy atom. The van der Waals surface area contributed by atoms with Crippen molar-refractivity contribution in [1.82, 2.24) is 5.32 Å². The summed E-state index contributed by atoms with van der Waals surface area (Å²) in [6.45, 7) is 5.28. The van der Waals surface area contributed by atoms with Gasteiger partial charge >= 0.3 is 0 Å². The summed E-state index contributed by atoms with van der Waals surface area (Å²) in [5.41, 5.74) is 1.18. The van der Waals surface area contributed by atoms with Crippen molar-refractivity contribution in [3.8, 4) is 5.75 Å². The normalized spacial score (nSPS) is 10.6. The van der Waals surface area contributed by atoms with Gasteiger partial charge in [-0.25, -0.2) is 0 Å². The maximum Gasteiger partial charge on any atom is 0.258 e.